The first-order valence-corrected chi connectivity index (χ1v) is 6.55. The molecule has 1 aliphatic rings. The highest BCUT2D eigenvalue weighted by Gasteiger charge is 2.24. The Balaban J connectivity index is 2.04. The number of benzene rings is 1. The highest BCUT2D eigenvalue weighted by atomic mass is 16.3. The number of likely N-dealkylation sites (tertiary alicyclic amines) is 1. The molecule has 1 aromatic carbocycles. The van der Waals surface area contributed by atoms with E-state index in [4.69, 9.17) is 5.73 Å². The maximum atomic E-state index is 9.51. The van der Waals surface area contributed by atoms with Crippen molar-refractivity contribution in [2.75, 3.05) is 13.1 Å². The van der Waals surface area contributed by atoms with E-state index in [1.54, 1.807) is 12.1 Å². The molecule has 1 aromatic rings. The number of hydrogen-bond donors (Lipinski definition) is 3. The van der Waals surface area contributed by atoms with Crippen LogP contribution in [-0.2, 0) is 6.54 Å². The van der Waals surface area contributed by atoms with Crippen LogP contribution < -0.4 is 5.73 Å². The summed E-state index contributed by atoms with van der Waals surface area (Å²) in [6.45, 7) is 4.78. The Labute approximate surface area is 108 Å². The van der Waals surface area contributed by atoms with Crippen molar-refractivity contribution in [1.82, 2.24) is 4.90 Å². The van der Waals surface area contributed by atoms with Crippen LogP contribution in [0.25, 0.3) is 0 Å². The minimum Gasteiger partial charge on any atom is -0.504 e. The summed E-state index contributed by atoms with van der Waals surface area (Å²) >= 11 is 0. The minimum absolute atomic E-state index is 0.0486. The molecule has 0 spiro atoms. The molecule has 4 N–H and O–H groups in total. The lowest BCUT2D eigenvalue weighted by Crippen LogP contribution is -2.43. The summed E-state index contributed by atoms with van der Waals surface area (Å²) in [6, 6.07) is 5.57. The van der Waals surface area contributed by atoms with Gasteiger partial charge in [-0.2, -0.15) is 0 Å². The van der Waals surface area contributed by atoms with Crippen LogP contribution in [0.3, 0.4) is 0 Å². The van der Waals surface area contributed by atoms with Gasteiger partial charge in [-0.3, -0.25) is 4.90 Å². The summed E-state index contributed by atoms with van der Waals surface area (Å²) in [6.07, 6.45) is 2.38. The summed E-state index contributed by atoms with van der Waals surface area (Å²) in [5.74, 6) is 0.463. The summed E-state index contributed by atoms with van der Waals surface area (Å²) < 4.78 is 0. The van der Waals surface area contributed by atoms with E-state index in [-0.39, 0.29) is 11.5 Å². The molecule has 4 heteroatoms. The zero-order chi connectivity index (χ0) is 13.1. The van der Waals surface area contributed by atoms with Crippen LogP contribution in [0.1, 0.15) is 25.3 Å². The molecule has 0 amide bonds. The Morgan fingerprint density at radius 1 is 1.28 bits per heavy atom. The van der Waals surface area contributed by atoms with Crippen LogP contribution in [-0.4, -0.2) is 34.2 Å². The van der Waals surface area contributed by atoms with Gasteiger partial charge in [0, 0.05) is 19.1 Å². The number of nitrogens with zero attached hydrogens (tertiary/aromatic N) is 1. The largest absolute Gasteiger partial charge is 0.504 e. The van der Waals surface area contributed by atoms with Gasteiger partial charge in [-0.15, -0.1) is 0 Å². The molecule has 18 heavy (non-hydrogen) atoms. The van der Waals surface area contributed by atoms with Crippen molar-refractivity contribution in [2.45, 2.75) is 32.4 Å². The van der Waals surface area contributed by atoms with Gasteiger partial charge in [0.2, 0.25) is 0 Å². The Morgan fingerprint density at radius 3 is 2.72 bits per heavy atom. The van der Waals surface area contributed by atoms with E-state index in [0.29, 0.717) is 12.0 Å². The van der Waals surface area contributed by atoms with E-state index in [0.717, 1.165) is 25.2 Å². The molecule has 4 nitrogen and oxygen atoms in total. The third kappa shape index (κ3) is 2.94. The van der Waals surface area contributed by atoms with Crippen molar-refractivity contribution in [3.63, 3.8) is 0 Å². The zero-order valence-corrected chi connectivity index (χ0v) is 10.8. The molecule has 2 atom stereocenters. The molecule has 0 radical (unpaired) electrons. The Bertz CT molecular complexity index is 409. The van der Waals surface area contributed by atoms with Crippen LogP contribution in [0.5, 0.6) is 11.5 Å². The minimum atomic E-state index is -0.0646. The van der Waals surface area contributed by atoms with Crippen molar-refractivity contribution in [1.29, 1.82) is 0 Å². The van der Waals surface area contributed by atoms with E-state index in [1.807, 2.05) is 6.07 Å². The van der Waals surface area contributed by atoms with Crippen molar-refractivity contribution in [3.8, 4) is 11.5 Å². The number of piperidine rings is 1. The number of nitrogens with two attached hydrogens (primary N) is 1. The first kappa shape index (κ1) is 13.2. The average Bonchev–Trinajstić information content (AvgIpc) is 2.36. The predicted molar refractivity (Wildman–Crippen MR) is 71.4 cm³/mol. The van der Waals surface area contributed by atoms with Crippen LogP contribution in [0.15, 0.2) is 18.2 Å². The van der Waals surface area contributed by atoms with Crippen LogP contribution in [0, 0.1) is 5.92 Å². The lowest BCUT2D eigenvalue weighted by Gasteiger charge is -2.37. The van der Waals surface area contributed by atoms with Gasteiger partial charge in [0.1, 0.15) is 0 Å². The van der Waals surface area contributed by atoms with Gasteiger partial charge in [-0.1, -0.05) is 6.07 Å². The standard InChI is InChI=1S/C14H22N2O2/c1-10-2-3-12(7-15)9-16(10)8-11-4-5-13(17)14(18)6-11/h4-6,10,12,17-18H,2-3,7-9,15H2,1H3. The van der Waals surface area contributed by atoms with Gasteiger partial charge in [0.15, 0.2) is 11.5 Å². The van der Waals surface area contributed by atoms with E-state index in [9.17, 15) is 10.2 Å². The van der Waals surface area contributed by atoms with Crippen LogP contribution in [0.4, 0.5) is 0 Å². The second kappa shape index (κ2) is 5.59. The molecule has 1 fully saturated rings. The molecular weight excluding hydrogens is 228 g/mol. The van der Waals surface area contributed by atoms with Crippen molar-refractivity contribution < 1.29 is 10.2 Å². The first-order valence-electron chi connectivity index (χ1n) is 6.55. The monoisotopic (exact) mass is 250 g/mol. The van der Waals surface area contributed by atoms with E-state index < -0.39 is 0 Å². The zero-order valence-electron chi connectivity index (χ0n) is 10.8. The predicted octanol–water partition coefficient (Wildman–Crippen LogP) is 1.66. The topological polar surface area (TPSA) is 69.7 Å². The van der Waals surface area contributed by atoms with E-state index >= 15 is 0 Å². The van der Waals surface area contributed by atoms with E-state index in [1.165, 1.54) is 12.8 Å². The number of aromatic hydroxyl groups is 2. The van der Waals surface area contributed by atoms with Gasteiger partial charge >= 0.3 is 0 Å². The van der Waals surface area contributed by atoms with Gasteiger partial charge < -0.3 is 15.9 Å². The number of phenolic OH excluding ortho intramolecular Hbond substituents is 2. The average molecular weight is 250 g/mol. The van der Waals surface area contributed by atoms with Crippen LogP contribution in [0.2, 0.25) is 0 Å². The lowest BCUT2D eigenvalue weighted by atomic mass is 9.93. The molecule has 0 bridgehead atoms. The molecule has 0 aliphatic carbocycles. The van der Waals surface area contributed by atoms with Crippen molar-refractivity contribution in [3.05, 3.63) is 23.8 Å². The fourth-order valence-electron chi connectivity index (χ4n) is 2.58. The second-order valence-electron chi connectivity index (χ2n) is 5.28. The Hall–Kier alpha value is -1.26. The van der Waals surface area contributed by atoms with Gasteiger partial charge in [0.05, 0.1) is 0 Å². The van der Waals surface area contributed by atoms with Crippen LogP contribution >= 0.6 is 0 Å². The smallest absolute Gasteiger partial charge is 0.157 e. The normalized spacial score (nSPS) is 25.2. The molecule has 2 rings (SSSR count). The fraction of sp³-hybridized carbons (Fsp3) is 0.571. The molecule has 100 valence electrons. The van der Waals surface area contributed by atoms with Gasteiger partial charge in [-0.05, 0) is 49.9 Å². The van der Waals surface area contributed by atoms with Crippen molar-refractivity contribution in [2.24, 2.45) is 11.7 Å². The van der Waals surface area contributed by atoms with Gasteiger partial charge in [-0.25, -0.2) is 0 Å². The maximum absolute atomic E-state index is 9.51. The van der Waals surface area contributed by atoms with Gasteiger partial charge in [0.25, 0.3) is 0 Å². The lowest BCUT2D eigenvalue weighted by molar-refractivity contribution is 0.113. The summed E-state index contributed by atoms with van der Waals surface area (Å²) in [7, 11) is 0. The highest BCUT2D eigenvalue weighted by molar-refractivity contribution is 5.40. The molecular formula is C14H22N2O2. The third-order valence-corrected chi connectivity index (χ3v) is 3.87. The highest BCUT2D eigenvalue weighted by Crippen LogP contribution is 2.28. The van der Waals surface area contributed by atoms with Crippen molar-refractivity contribution >= 4 is 0 Å². The molecule has 0 aromatic heterocycles. The molecule has 1 saturated heterocycles. The first-order chi connectivity index (χ1) is 8.60. The maximum Gasteiger partial charge on any atom is 0.157 e. The Morgan fingerprint density at radius 2 is 2.06 bits per heavy atom. The second-order valence-corrected chi connectivity index (χ2v) is 5.28. The Kier molecular flexibility index (Phi) is 4.09. The summed E-state index contributed by atoms with van der Waals surface area (Å²) in [5, 5.41) is 18.8. The SMILES string of the molecule is CC1CCC(CN)CN1Cc1ccc(O)c(O)c1. The molecule has 2 unspecified atom stereocenters. The number of hydrogen-bond acceptors (Lipinski definition) is 4. The number of rotatable bonds is 3. The summed E-state index contributed by atoms with van der Waals surface area (Å²) in [4.78, 5) is 2.40. The third-order valence-electron chi connectivity index (χ3n) is 3.87. The number of phenols is 2. The van der Waals surface area contributed by atoms with E-state index in [2.05, 4.69) is 11.8 Å². The molecule has 0 saturated carbocycles. The fourth-order valence-corrected chi connectivity index (χ4v) is 2.58. The quantitative estimate of drug-likeness (QED) is 0.714. The summed E-state index contributed by atoms with van der Waals surface area (Å²) in [5.41, 5.74) is 6.77. The molecule has 1 heterocycles. The molecule has 1 aliphatic heterocycles.